The molecule has 0 N–H and O–H groups in total. The zero-order chi connectivity index (χ0) is 16.2. The van der Waals surface area contributed by atoms with Crippen LogP contribution in [0.5, 0.6) is 5.75 Å². The van der Waals surface area contributed by atoms with Gasteiger partial charge in [0.1, 0.15) is 5.75 Å². The van der Waals surface area contributed by atoms with E-state index >= 15 is 0 Å². The lowest BCUT2D eigenvalue weighted by Gasteiger charge is -2.21. The average molecular weight is 330 g/mol. The molecule has 0 aliphatic heterocycles. The standard InChI is InChI=1S/C18H22N2O2S/c1-13-19-15(12-23-13)11-20(16-6-7-16)18(21)10-5-14-3-8-17(22-2)9-4-14/h3-4,8-9,12,16H,5-7,10-11H2,1-2H3. The van der Waals surface area contributed by atoms with Crippen LogP contribution in [0.15, 0.2) is 29.6 Å². The summed E-state index contributed by atoms with van der Waals surface area (Å²) in [5.41, 5.74) is 2.18. The highest BCUT2D eigenvalue weighted by atomic mass is 32.1. The molecule has 1 heterocycles. The Morgan fingerprint density at radius 2 is 2.09 bits per heavy atom. The van der Waals surface area contributed by atoms with Crippen LogP contribution in [-0.4, -0.2) is 28.9 Å². The van der Waals surface area contributed by atoms with Gasteiger partial charge >= 0.3 is 0 Å². The molecule has 1 aromatic carbocycles. The van der Waals surface area contributed by atoms with Gasteiger partial charge in [0.15, 0.2) is 0 Å². The Bertz CT molecular complexity index is 662. The first kappa shape index (κ1) is 16.0. The number of carbonyl (C=O) groups is 1. The lowest BCUT2D eigenvalue weighted by atomic mass is 10.1. The van der Waals surface area contributed by atoms with E-state index < -0.39 is 0 Å². The Hall–Kier alpha value is -1.88. The van der Waals surface area contributed by atoms with Crippen molar-refractivity contribution in [3.8, 4) is 5.75 Å². The van der Waals surface area contributed by atoms with Crippen molar-refractivity contribution in [2.24, 2.45) is 0 Å². The molecule has 0 spiro atoms. The summed E-state index contributed by atoms with van der Waals surface area (Å²) in [7, 11) is 1.66. The number of methoxy groups -OCH3 is 1. The molecule has 0 unspecified atom stereocenters. The third kappa shape index (κ3) is 4.32. The molecular formula is C18H22N2O2S. The van der Waals surface area contributed by atoms with Crippen LogP contribution in [0.4, 0.5) is 0 Å². The molecule has 0 saturated heterocycles. The summed E-state index contributed by atoms with van der Waals surface area (Å²) in [6.45, 7) is 2.65. The minimum absolute atomic E-state index is 0.231. The molecule has 2 aromatic rings. The predicted octanol–water partition coefficient (Wildman–Crippen LogP) is 3.58. The largest absolute Gasteiger partial charge is 0.497 e. The predicted molar refractivity (Wildman–Crippen MR) is 91.7 cm³/mol. The lowest BCUT2D eigenvalue weighted by molar-refractivity contribution is -0.132. The zero-order valence-electron chi connectivity index (χ0n) is 13.6. The van der Waals surface area contributed by atoms with Crippen LogP contribution in [0.1, 0.15) is 35.5 Å². The second kappa shape index (κ2) is 7.13. The fourth-order valence-electron chi connectivity index (χ4n) is 2.65. The summed E-state index contributed by atoms with van der Waals surface area (Å²) in [5.74, 6) is 1.08. The zero-order valence-corrected chi connectivity index (χ0v) is 14.4. The number of thiazole rings is 1. The second-order valence-electron chi connectivity index (χ2n) is 5.96. The van der Waals surface area contributed by atoms with Gasteiger partial charge in [-0.1, -0.05) is 12.1 Å². The van der Waals surface area contributed by atoms with Crippen LogP contribution in [-0.2, 0) is 17.8 Å². The maximum absolute atomic E-state index is 12.6. The Balaban J connectivity index is 1.57. The Morgan fingerprint density at radius 3 is 2.65 bits per heavy atom. The molecular weight excluding hydrogens is 308 g/mol. The maximum Gasteiger partial charge on any atom is 0.223 e. The van der Waals surface area contributed by atoms with Crippen molar-refractivity contribution in [2.75, 3.05) is 7.11 Å². The summed E-state index contributed by atoms with van der Waals surface area (Å²) in [5, 5.41) is 3.11. The van der Waals surface area contributed by atoms with E-state index in [-0.39, 0.29) is 5.91 Å². The average Bonchev–Trinajstić information content (AvgIpc) is 3.33. The second-order valence-corrected chi connectivity index (χ2v) is 7.02. The molecule has 1 aliphatic rings. The summed E-state index contributed by atoms with van der Waals surface area (Å²) < 4.78 is 5.16. The quantitative estimate of drug-likeness (QED) is 0.779. The third-order valence-electron chi connectivity index (χ3n) is 4.09. The van der Waals surface area contributed by atoms with Gasteiger partial charge in [-0.05, 0) is 43.9 Å². The van der Waals surface area contributed by atoms with E-state index in [1.807, 2.05) is 36.1 Å². The third-order valence-corrected chi connectivity index (χ3v) is 4.92. The smallest absolute Gasteiger partial charge is 0.223 e. The molecule has 1 fully saturated rings. The molecule has 23 heavy (non-hydrogen) atoms. The van der Waals surface area contributed by atoms with Gasteiger partial charge in [0.25, 0.3) is 0 Å². The van der Waals surface area contributed by atoms with E-state index in [0.29, 0.717) is 19.0 Å². The van der Waals surface area contributed by atoms with Crippen LogP contribution in [0.25, 0.3) is 0 Å². The minimum Gasteiger partial charge on any atom is -0.497 e. The van der Waals surface area contributed by atoms with E-state index in [1.54, 1.807) is 18.4 Å². The van der Waals surface area contributed by atoms with Gasteiger partial charge in [-0.2, -0.15) is 0 Å². The van der Waals surface area contributed by atoms with Crippen molar-refractivity contribution in [1.82, 2.24) is 9.88 Å². The van der Waals surface area contributed by atoms with Gasteiger partial charge < -0.3 is 9.64 Å². The summed E-state index contributed by atoms with van der Waals surface area (Å²) in [6, 6.07) is 8.35. The molecule has 0 radical (unpaired) electrons. The number of ether oxygens (including phenoxy) is 1. The van der Waals surface area contributed by atoms with Crippen molar-refractivity contribution in [2.45, 2.75) is 45.2 Å². The number of nitrogens with zero attached hydrogens (tertiary/aromatic N) is 2. The molecule has 1 amide bonds. The summed E-state index contributed by atoms with van der Waals surface area (Å²) in [6.07, 6.45) is 3.56. The van der Waals surface area contributed by atoms with Gasteiger partial charge in [0, 0.05) is 17.8 Å². The normalized spacial score (nSPS) is 13.8. The first-order valence-corrected chi connectivity index (χ1v) is 8.87. The topological polar surface area (TPSA) is 42.4 Å². The number of hydrogen-bond acceptors (Lipinski definition) is 4. The van der Waals surface area contributed by atoms with Crippen LogP contribution in [0.2, 0.25) is 0 Å². The Kier molecular flexibility index (Phi) is 4.96. The van der Waals surface area contributed by atoms with Crippen LogP contribution < -0.4 is 4.74 Å². The van der Waals surface area contributed by atoms with Crippen molar-refractivity contribution in [3.05, 3.63) is 45.9 Å². The van der Waals surface area contributed by atoms with E-state index in [2.05, 4.69) is 10.4 Å². The number of amides is 1. The first-order valence-electron chi connectivity index (χ1n) is 7.99. The first-order chi connectivity index (χ1) is 11.2. The molecule has 1 saturated carbocycles. The van der Waals surface area contributed by atoms with Crippen molar-refractivity contribution in [1.29, 1.82) is 0 Å². The molecule has 3 rings (SSSR count). The van der Waals surface area contributed by atoms with Crippen molar-refractivity contribution >= 4 is 17.2 Å². The summed E-state index contributed by atoms with van der Waals surface area (Å²) in [4.78, 5) is 19.1. The fourth-order valence-corrected chi connectivity index (χ4v) is 3.25. The molecule has 1 aromatic heterocycles. The van der Waals surface area contributed by atoms with Gasteiger partial charge in [-0.25, -0.2) is 4.98 Å². The van der Waals surface area contributed by atoms with Crippen LogP contribution in [0, 0.1) is 6.92 Å². The molecule has 0 atom stereocenters. The SMILES string of the molecule is COc1ccc(CCC(=O)N(Cc2csc(C)n2)C2CC2)cc1. The molecule has 5 heteroatoms. The van der Waals surface area contributed by atoms with Crippen LogP contribution in [0.3, 0.4) is 0 Å². The minimum atomic E-state index is 0.231. The van der Waals surface area contributed by atoms with Crippen molar-refractivity contribution < 1.29 is 9.53 Å². The lowest BCUT2D eigenvalue weighted by Crippen LogP contribution is -2.32. The highest BCUT2D eigenvalue weighted by Gasteiger charge is 2.32. The number of rotatable bonds is 7. The van der Waals surface area contributed by atoms with Gasteiger partial charge in [0.05, 0.1) is 24.4 Å². The number of benzene rings is 1. The monoisotopic (exact) mass is 330 g/mol. The number of hydrogen-bond donors (Lipinski definition) is 0. The highest BCUT2D eigenvalue weighted by Crippen LogP contribution is 2.29. The van der Waals surface area contributed by atoms with E-state index in [0.717, 1.165) is 35.7 Å². The van der Waals surface area contributed by atoms with E-state index in [9.17, 15) is 4.79 Å². The molecule has 122 valence electrons. The van der Waals surface area contributed by atoms with Gasteiger partial charge in [-0.3, -0.25) is 4.79 Å². The van der Waals surface area contributed by atoms with E-state index in [1.165, 1.54) is 5.56 Å². The van der Waals surface area contributed by atoms with Gasteiger partial charge in [0.2, 0.25) is 5.91 Å². The molecule has 0 bridgehead atoms. The Labute approximate surface area is 141 Å². The highest BCUT2D eigenvalue weighted by molar-refractivity contribution is 7.09. The fraction of sp³-hybridized carbons (Fsp3) is 0.444. The number of aromatic nitrogens is 1. The maximum atomic E-state index is 12.6. The molecule has 1 aliphatic carbocycles. The molecule has 4 nitrogen and oxygen atoms in total. The van der Waals surface area contributed by atoms with Crippen LogP contribution >= 0.6 is 11.3 Å². The number of carbonyl (C=O) groups excluding carboxylic acids is 1. The number of aryl methyl sites for hydroxylation is 2. The van der Waals surface area contributed by atoms with E-state index in [4.69, 9.17) is 4.74 Å². The summed E-state index contributed by atoms with van der Waals surface area (Å²) >= 11 is 1.64. The Morgan fingerprint density at radius 1 is 1.35 bits per heavy atom. The van der Waals surface area contributed by atoms with Gasteiger partial charge in [-0.15, -0.1) is 11.3 Å². The van der Waals surface area contributed by atoms with Crippen molar-refractivity contribution in [3.63, 3.8) is 0 Å².